The Labute approximate surface area is 170 Å². The zero-order chi connectivity index (χ0) is 19.7. The van der Waals surface area contributed by atoms with Crippen LogP contribution in [0.4, 0.5) is 0 Å². The molecule has 4 aromatic rings. The first kappa shape index (κ1) is 18.0. The lowest BCUT2D eigenvalue weighted by molar-refractivity contribution is 0.0974. The lowest BCUT2D eigenvalue weighted by Crippen LogP contribution is -2.04. The first-order valence-electron chi connectivity index (χ1n) is 8.66. The number of halogens is 1. The van der Waals surface area contributed by atoms with Crippen molar-refractivity contribution in [1.82, 2.24) is 4.57 Å². The third-order valence-corrected chi connectivity index (χ3v) is 5.42. The van der Waals surface area contributed by atoms with Crippen molar-refractivity contribution in [3.63, 3.8) is 0 Å². The second-order valence-corrected chi connectivity index (χ2v) is 7.23. The lowest BCUT2D eigenvalue weighted by atomic mass is 10.1. The van der Waals surface area contributed by atoms with E-state index >= 15 is 0 Å². The molecule has 0 N–H and O–H groups in total. The summed E-state index contributed by atoms with van der Waals surface area (Å²) >= 11 is 3.49. The molecule has 28 heavy (non-hydrogen) atoms. The third kappa shape index (κ3) is 3.30. The minimum atomic E-state index is -0.241. The molecule has 5 heteroatoms. The molecule has 4 rings (SSSR count). The largest absolute Gasteiger partial charge is 0.457 e. The van der Waals surface area contributed by atoms with E-state index in [9.17, 15) is 10.1 Å². The van der Waals surface area contributed by atoms with Crippen LogP contribution >= 0.6 is 15.9 Å². The van der Waals surface area contributed by atoms with Gasteiger partial charge in [0.1, 0.15) is 17.6 Å². The highest BCUT2D eigenvalue weighted by Crippen LogP contribution is 2.27. The number of carbonyl (C=O) groups is 1. The van der Waals surface area contributed by atoms with Crippen LogP contribution < -0.4 is 0 Å². The molecule has 0 bridgehead atoms. The molecule has 136 valence electrons. The maximum absolute atomic E-state index is 12.6. The number of fused-ring (bicyclic) bond motifs is 1. The summed E-state index contributed by atoms with van der Waals surface area (Å²) in [5.74, 6) is 1.08. The number of nitrogens with zero attached hydrogens (tertiary/aromatic N) is 2. The van der Waals surface area contributed by atoms with Crippen LogP contribution in [0.2, 0.25) is 0 Å². The van der Waals surface area contributed by atoms with Gasteiger partial charge in [0.2, 0.25) is 0 Å². The average molecular weight is 431 g/mol. The van der Waals surface area contributed by atoms with E-state index in [0.29, 0.717) is 16.8 Å². The fraction of sp³-hybridized carbons (Fsp3) is 0.0435. The van der Waals surface area contributed by atoms with E-state index in [2.05, 4.69) is 22.0 Å². The van der Waals surface area contributed by atoms with Crippen molar-refractivity contribution in [2.45, 2.75) is 6.92 Å². The number of rotatable bonds is 3. The third-order valence-electron chi connectivity index (χ3n) is 4.53. The summed E-state index contributed by atoms with van der Waals surface area (Å²) in [6, 6.07) is 19.2. The van der Waals surface area contributed by atoms with Crippen molar-refractivity contribution in [2.24, 2.45) is 0 Å². The van der Waals surface area contributed by atoms with Gasteiger partial charge in [0.15, 0.2) is 0 Å². The van der Waals surface area contributed by atoms with Crippen molar-refractivity contribution in [1.29, 1.82) is 5.26 Å². The van der Waals surface area contributed by atoms with Crippen molar-refractivity contribution < 1.29 is 9.21 Å². The van der Waals surface area contributed by atoms with Gasteiger partial charge in [-0.2, -0.15) is 5.26 Å². The van der Waals surface area contributed by atoms with E-state index < -0.39 is 0 Å². The number of carbonyl (C=O) groups excluding carboxylic acids is 1. The number of hydrogen-bond donors (Lipinski definition) is 0. The topological polar surface area (TPSA) is 58.9 Å². The van der Waals surface area contributed by atoms with Crippen LogP contribution in [0.5, 0.6) is 0 Å². The van der Waals surface area contributed by atoms with Crippen molar-refractivity contribution >= 4 is 38.8 Å². The normalized spacial score (nSPS) is 11.2. The molecule has 0 fully saturated rings. The molecule has 2 aromatic heterocycles. The Bertz CT molecular complexity index is 1270. The molecule has 0 unspecified atom stereocenters. The smallest absolute Gasteiger partial charge is 0.255 e. The monoisotopic (exact) mass is 430 g/mol. The van der Waals surface area contributed by atoms with E-state index in [1.807, 2.05) is 61.5 Å². The quantitative estimate of drug-likeness (QED) is 0.363. The molecule has 2 aromatic carbocycles. The number of nitriles is 1. The molecule has 0 radical (unpaired) electrons. The average Bonchev–Trinajstić information content (AvgIpc) is 3.33. The molecule has 0 aliphatic carbocycles. The summed E-state index contributed by atoms with van der Waals surface area (Å²) in [4.78, 5) is 12.6. The van der Waals surface area contributed by atoms with Crippen LogP contribution in [0, 0.1) is 18.3 Å². The van der Waals surface area contributed by atoms with Crippen LogP contribution in [0.3, 0.4) is 0 Å². The summed E-state index contributed by atoms with van der Waals surface area (Å²) in [5, 5.41) is 10.0. The molecular weight excluding hydrogens is 416 g/mol. The Kier molecular flexibility index (Phi) is 4.72. The van der Waals surface area contributed by atoms with Crippen LogP contribution in [-0.2, 0) is 0 Å². The zero-order valence-electron chi connectivity index (χ0n) is 15.0. The van der Waals surface area contributed by atoms with E-state index in [4.69, 9.17) is 4.42 Å². The molecule has 0 saturated heterocycles. The van der Waals surface area contributed by atoms with Gasteiger partial charge in [0.05, 0.1) is 11.1 Å². The van der Waals surface area contributed by atoms with E-state index in [1.165, 1.54) is 10.6 Å². The van der Waals surface area contributed by atoms with E-state index in [0.717, 1.165) is 26.7 Å². The van der Waals surface area contributed by atoms with Crippen LogP contribution in [0.15, 0.2) is 75.8 Å². The fourth-order valence-electron chi connectivity index (χ4n) is 3.08. The molecule has 0 atom stereocenters. The van der Waals surface area contributed by atoms with Gasteiger partial charge in [-0.1, -0.05) is 40.2 Å². The summed E-state index contributed by atoms with van der Waals surface area (Å²) in [7, 11) is 0. The number of allylic oxidation sites excluding steroid dienone is 1. The zero-order valence-corrected chi connectivity index (χ0v) is 16.6. The van der Waals surface area contributed by atoms with E-state index in [1.54, 1.807) is 12.3 Å². The summed E-state index contributed by atoms with van der Waals surface area (Å²) in [6.07, 6.45) is 4.65. The number of aromatic nitrogens is 1. The fourth-order valence-corrected chi connectivity index (χ4v) is 3.33. The molecule has 0 aliphatic rings. The van der Waals surface area contributed by atoms with Gasteiger partial charge < -0.3 is 4.42 Å². The van der Waals surface area contributed by atoms with Crippen LogP contribution in [0.1, 0.15) is 21.7 Å². The minimum Gasteiger partial charge on any atom is -0.457 e. The molecule has 2 heterocycles. The number of benzene rings is 2. The molecule has 0 amide bonds. The Hall–Kier alpha value is -3.36. The molecule has 0 aliphatic heterocycles. The maximum atomic E-state index is 12.6. The Morgan fingerprint density at radius 2 is 2.00 bits per heavy atom. The molecule has 0 saturated carbocycles. The maximum Gasteiger partial charge on any atom is 0.255 e. The molecule has 4 nitrogen and oxygen atoms in total. The van der Waals surface area contributed by atoms with E-state index in [-0.39, 0.29) is 5.91 Å². The highest BCUT2D eigenvalue weighted by Gasteiger charge is 2.11. The van der Waals surface area contributed by atoms with Crippen LogP contribution in [0.25, 0.3) is 28.3 Å². The van der Waals surface area contributed by atoms with Gasteiger partial charge in [-0.05, 0) is 48.9 Å². The van der Waals surface area contributed by atoms with Crippen molar-refractivity contribution in [3.8, 4) is 17.4 Å². The molecular formula is C23H15BrN2O2. The second kappa shape index (κ2) is 7.34. The predicted molar refractivity (Wildman–Crippen MR) is 113 cm³/mol. The second-order valence-electron chi connectivity index (χ2n) is 6.38. The number of furan rings is 1. The Morgan fingerprint density at radius 3 is 2.79 bits per heavy atom. The minimum absolute atomic E-state index is 0.241. The van der Waals surface area contributed by atoms with Gasteiger partial charge >= 0.3 is 0 Å². The Morgan fingerprint density at radius 1 is 1.18 bits per heavy atom. The standard InChI is InChI=1S/C23H15BrN2O2/c1-15-12-16(6-9-20(15)24)22-10-7-18(28-22)8-11-23(27)26-14-17(13-25)19-4-2-3-5-21(19)26/h2-12,14H,1H3/b11-8+. The van der Waals surface area contributed by atoms with Gasteiger partial charge in [0.25, 0.3) is 5.91 Å². The van der Waals surface area contributed by atoms with Gasteiger partial charge in [0, 0.05) is 27.7 Å². The summed E-state index contributed by atoms with van der Waals surface area (Å²) < 4.78 is 8.37. The predicted octanol–water partition coefficient (Wildman–Crippen LogP) is 6.20. The van der Waals surface area contributed by atoms with Gasteiger partial charge in [-0.25, -0.2) is 0 Å². The van der Waals surface area contributed by atoms with Crippen molar-refractivity contribution in [3.05, 3.63) is 88.2 Å². The van der Waals surface area contributed by atoms with Gasteiger partial charge in [-0.15, -0.1) is 0 Å². The number of hydrogen-bond acceptors (Lipinski definition) is 3. The molecule has 0 spiro atoms. The summed E-state index contributed by atoms with van der Waals surface area (Å²) in [5.41, 5.74) is 3.28. The van der Waals surface area contributed by atoms with Crippen LogP contribution in [-0.4, -0.2) is 10.5 Å². The van der Waals surface area contributed by atoms with Crippen molar-refractivity contribution in [2.75, 3.05) is 0 Å². The summed E-state index contributed by atoms with van der Waals surface area (Å²) in [6.45, 7) is 2.02. The SMILES string of the molecule is Cc1cc(-c2ccc(/C=C/C(=O)n3cc(C#N)c4ccccc43)o2)ccc1Br. The highest BCUT2D eigenvalue weighted by molar-refractivity contribution is 9.10. The lowest BCUT2D eigenvalue weighted by Gasteiger charge is -2.01. The highest BCUT2D eigenvalue weighted by atomic mass is 79.9. The first-order valence-corrected chi connectivity index (χ1v) is 9.45. The number of aryl methyl sites for hydroxylation is 1. The number of para-hydroxylation sites is 1. The first-order chi connectivity index (χ1) is 13.6. The Balaban J connectivity index is 1.60. The van der Waals surface area contributed by atoms with Gasteiger partial charge in [-0.3, -0.25) is 9.36 Å².